The second-order valence-electron chi connectivity index (χ2n) is 7.75. The molecule has 1 aromatic carbocycles. The number of hydrogen-bond donors (Lipinski definition) is 2. The fraction of sp³-hybridized carbons (Fsp3) is 0.682. The molecule has 6 nitrogen and oxygen atoms in total. The van der Waals surface area contributed by atoms with Crippen LogP contribution in [-0.4, -0.2) is 59.1 Å². The van der Waals surface area contributed by atoms with E-state index in [1.54, 1.807) is 7.11 Å². The van der Waals surface area contributed by atoms with Gasteiger partial charge in [0.2, 0.25) is 0 Å². The van der Waals surface area contributed by atoms with Crippen LogP contribution in [0.1, 0.15) is 44.1 Å². The van der Waals surface area contributed by atoms with Gasteiger partial charge >= 0.3 is 0 Å². The second-order valence-corrected chi connectivity index (χ2v) is 7.75. The lowest BCUT2D eigenvalue weighted by Crippen LogP contribution is -2.45. The molecule has 1 atom stereocenters. The van der Waals surface area contributed by atoms with E-state index in [0.29, 0.717) is 0 Å². The molecule has 1 heterocycles. The van der Waals surface area contributed by atoms with Crippen LogP contribution < -0.4 is 15.4 Å². The predicted octanol–water partition coefficient (Wildman–Crippen LogP) is 2.87. The van der Waals surface area contributed by atoms with Crippen molar-refractivity contribution in [3.63, 3.8) is 0 Å². The highest BCUT2D eigenvalue weighted by Gasteiger charge is 2.37. The molecular formula is C22H35N3O3. The van der Waals surface area contributed by atoms with Crippen LogP contribution in [0.25, 0.3) is 0 Å². The number of nitrogens with one attached hydrogen (secondary N) is 2. The van der Waals surface area contributed by atoms with Crippen LogP contribution >= 0.6 is 0 Å². The van der Waals surface area contributed by atoms with E-state index in [0.717, 1.165) is 57.5 Å². The Hall–Kier alpha value is -1.79. The number of hydrogen-bond acceptors (Lipinski definition) is 4. The van der Waals surface area contributed by atoms with Gasteiger partial charge in [-0.1, -0.05) is 31.0 Å². The molecule has 2 aliphatic rings. The van der Waals surface area contributed by atoms with Gasteiger partial charge in [0.15, 0.2) is 5.96 Å². The Morgan fingerprint density at radius 2 is 2.07 bits per heavy atom. The van der Waals surface area contributed by atoms with Gasteiger partial charge in [0, 0.05) is 44.3 Å². The van der Waals surface area contributed by atoms with Crippen LogP contribution in [0.3, 0.4) is 0 Å². The molecule has 1 saturated heterocycles. The molecule has 0 radical (unpaired) electrons. The van der Waals surface area contributed by atoms with Crippen molar-refractivity contribution in [2.75, 3.05) is 47.1 Å². The van der Waals surface area contributed by atoms with Crippen molar-refractivity contribution in [2.45, 2.75) is 50.0 Å². The van der Waals surface area contributed by atoms with E-state index < -0.39 is 0 Å². The first kappa shape index (κ1) is 20.9. The van der Waals surface area contributed by atoms with Crippen molar-refractivity contribution in [1.82, 2.24) is 10.6 Å². The van der Waals surface area contributed by atoms with Crippen LogP contribution in [-0.2, 0) is 14.9 Å². The first-order valence-electron chi connectivity index (χ1n) is 10.5. The van der Waals surface area contributed by atoms with Crippen LogP contribution in [0.4, 0.5) is 0 Å². The molecule has 2 fully saturated rings. The molecule has 3 rings (SSSR count). The fourth-order valence-corrected chi connectivity index (χ4v) is 4.32. The van der Waals surface area contributed by atoms with E-state index in [1.165, 1.54) is 31.2 Å². The maximum Gasteiger partial charge on any atom is 0.191 e. The predicted molar refractivity (Wildman–Crippen MR) is 112 cm³/mol. The Bertz CT molecular complexity index is 623. The largest absolute Gasteiger partial charge is 0.496 e. The average molecular weight is 390 g/mol. The summed E-state index contributed by atoms with van der Waals surface area (Å²) in [6, 6.07) is 8.43. The van der Waals surface area contributed by atoms with Crippen molar-refractivity contribution in [3.8, 4) is 5.75 Å². The summed E-state index contributed by atoms with van der Waals surface area (Å²) in [6.07, 6.45) is 7.11. The van der Waals surface area contributed by atoms with Gasteiger partial charge in [-0.2, -0.15) is 0 Å². The first-order valence-corrected chi connectivity index (χ1v) is 10.5. The molecule has 1 unspecified atom stereocenters. The number of para-hydroxylation sites is 1. The zero-order valence-corrected chi connectivity index (χ0v) is 17.3. The number of nitrogens with zero attached hydrogens (tertiary/aromatic N) is 1. The van der Waals surface area contributed by atoms with Gasteiger partial charge < -0.3 is 24.8 Å². The molecule has 1 aliphatic carbocycles. The summed E-state index contributed by atoms with van der Waals surface area (Å²) < 4.78 is 16.8. The summed E-state index contributed by atoms with van der Waals surface area (Å²) in [5.74, 6) is 1.84. The summed E-state index contributed by atoms with van der Waals surface area (Å²) in [7, 11) is 3.58. The molecule has 2 N–H and O–H groups in total. The highest BCUT2D eigenvalue weighted by molar-refractivity contribution is 5.79. The van der Waals surface area contributed by atoms with E-state index in [9.17, 15) is 0 Å². The maximum absolute atomic E-state index is 5.82. The third-order valence-electron chi connectivity index (χ3n) is 5.91. The third-order valence-corrected chi connectivity index (χ3v) is 5.91. The van der Waals surface area contributed by atoms with Gasteiger partial charge in [-0.05, 0) is 31.7 Å². The van der Waals surface area contributed by atoms with Gasteiger partial charge in [-0.3, -0.25) is 4.99 Å². The monoisotopic (exact) mass is 389 g/mol. The molecule has 0 spiro atoms. The van der Waals surface area contributed by atoms with Crippen LogP contribution in [0.2, 0.25) is 0 Å². The van der Waals surface area contributed by atoms with Crippen molar-refractivity contribution in [2.24, 2.45) is 4.99 Å². The van der Waals surface area contributed by atoms with Crippen LogP contribution in [0.15, 0.2) is 29.3 Å². The summed E-state index contributed by atoms with van der Waals surface area (Å²) >= 11 is 0. The number of ether oxygens (including phenoxy) is 3. The van der Waals surface area contributed by atoms with Crippen molar-refractivity contribution in [3.05, 3.63) is 29.8 Å². The highest BCUT2D eigenvalue weighted by Crippen LogP contribution is 2.44. The Morgan fingerprint density at radius 3 is 2.79 bits per heavy atom. The molecular weight excluding hydrogens is 354 g/mol. The first-order chi connectivity index (χ1) is 13.8. The van der Waals surface area contributed by atoms with Crippen molar-refractivity contribution in [1.29, 1.82) is 0 Å². The number of aliphatic imine (C=N–C) groups is 1. The van der Waals surface area contributed by atoms with E-state index in [4.69, 9.17) is 14.2 Å². The topological polar surface area (TPSA) is 64.1 Å². The Balaban J connectivity index is 1.48. The molecule has 156 valence electrons. The fourth-order valence-electron chi connectivity index (χ4n) is 4.32. The average Bonchev–Trinajstić information content (AvgIpc) is 3.43. The summed E-state index contributed by atoms with van der Waals surface area (Å²) in [4.78, 5) is 4.39. The Kier molecular flexibility index (Phi) is 7.98. The molecule has 0 bridgehead atoms. The Labute approximate surface area is 169 Å². The zero-order chi connectivity index (χ0) is 19.7. The van der Waals surface area contributed by atoms with Crippen LogP contribution in [0.5, 0.6) is 5.75 Å². The molecule has 6 heteroatoms. The normalized spacial score (nSPS) is 21.6. The summed E-state index contributed by atoms with van der Waals surface area (Å²) in [5, 5.41) is 6.97. The van der Waals surface area contributed by atoms with E-state index in [1.807, 2.05) is 13.1 Å². The third kappa shape index (κ3) is 5.39. The molecule has 1 saturated carbocycles. The molecule has 1 aromatic rings. The summed E-state index contributed by atoms with van der Waals surface area (Å²) in [6.45, 7) is 4.02. The summed E-state index contributed by atoms with van der Waals surface area (Å²) in [5.41, 5.74) is 1.42. The van der Waals surface area contributed by atoms with Crippen molar-refractivity contribution < 1.29 is 14.2 Å². The van der Waals surface area contributed by atoms with Crippen molar-refractivity contribution >= 4 is 5.96 Å². The minimum atomic E-state index is 0.107. The SMILES string of the molecule is CN=C(NCCCOC1CCOC1)NCC1(c2ccccc2OC)CCCC1. The number of guanidine groups is 1. The number of benzene rings is 1. The highest BCUT2D eigenvalue weighted by atomic mass is 16.5. The zero-order valence-electron chi connectivity index (χ0n) is 17.3. The minimum Gasteiger partial charge on any atom is -0.496 e. The number of rotatable bonds is 9. The number of methoxy groups -OCH3 is 1. The molecule has 1 aliphatic heterocycles. The van der Waals surface area contributed by atoms with Gasteiger partial charge in [-0.25, -0.2) is 0 Å². The molecule has 0 amide bonds. The molecule has 0 aromatic heterocycles. The lowest BCUT2D eigenvalue weighted by atomic mass is 9.78. The van der Waals surface area contributed by atoms with Crippen LogP contribution in [0, 0.1) is 0 Å². The van der Waals surface area contributed by atoms with Gasteiger partial charge in [-0.15, -0.1) is 0 Å². The van der Waals surface area contributed by atoms with E-state index in [-0.39, 0.29) is 11.5 Å². The quantitative estimate of drug-likeness (QED) is 0.386. The standard InChI is InChI=1S/C22H35N3O3/c1-23-21(24-13-7-14-28-18-10-15-27-16-18)25-17-22(11-5-6-12-22)19-8-3-4-9-20(19)26-2/h3-4,8-9,18H,5-7,10-17H2,1-2H3,(H2,23,24,25). The van der Waals surface area contributed by atoms with E-state index in [2.05, 4.69) is 33.8 Å². The lowest BCUT2D eigenvalue weighted by molar-refractivity contribution is 0.0420. The lowest BCUT2D eigenvalue weighted by Gasteiger charge is -2.32. The minimum absolute atomic E-state index is 0.107. The molecule has 28 heavy (non-hydrogen) atoms. The maximum atomic E-state index is 5.82. The van der Waals surface area contributed by atoms with E-state index >= 15 is 0 Å². The smallest absolute Gasteiger partial charge is 0.191 e. The van der Waals surface area contributed by atoms with Gasteiger partial charge in [0.05, 0.1) is 19.8 Å². The second kappa shape index (κ2) is 10.7. The van der Waals surface area contributed by atoms with Gasteiger partial charge in [0.25, 0.3) is 0 Å². The van der Waals surface area contributed by atoms with Gasteiger partial charge in [0.1, 0.15) is 5.75 Å². The Morgan fingerprint density at radius 1 is 1.25 bits per heavy atom.